The van der Waals surface area contributed by atoms with E-state index < -0.39 is 5.60 Å². The molecule has 174 valence electrons. The first-order chi connectivity index (χ1) is 15.7. The van der Waals surface area contributed by atoms with Gasteiger partial charge >= 0.3 is 0 Å². The molecule has 1 amide bonds. The van der Waals surface area contributed by atoms with E-state index in [0.29, 0.717) is 37.9 Å². The number of hydrogen-bond donors (Lipinski definition) is 1. The van der Waals surface area contributed by atoms with Crippen molar-refractivity contribution in [2.45, 2.75) is 45.3 Å². The van der Waals surface area contributed by atoms with Gasteiger partial charge in [-0.2, -0.15) is 5.10 Å². The number of hydrogen-bond acceptors (Lipinski definition) is 5. The van der Waals surface area contributed by atoms with Crippen molar-refractivity contribution in [3.63, 3.8) is 0 Å². The molecule has 1 aliphatic rings. The van der Waals surface area contributed by atoms with Crippen LogP contribution in [0.1, 0.15) is 33.1 Å². The first-order valence-electron chi connectivity index (χ1n) is 11.3. The van der Waals surface area contributed by atoms with Gasteiger partial charge in [-0.15, -0.1) is 0 Å². The van der Waals surface area contributed by atoms with Crippen LogP contribution in [-0.4, -0.2) is 53.9 Å². The fourth-order valence-electron chi connectivity index (χ4n) is 4.34. The summed E-state index contributed by atoms with van der Waals surface area (Å²) in [5.41, 5.74) is 2.18. The predicted octanol–water partition coefficient (Wildman–Crippen LogP) is 2.75. The van der Waals surface area contributed by atoms with Gasteiger partial charge < -0.3 is 10.0 Å². The zero-order valence-electron chi connectivity index (χ0n) is 19.5. The second-order valence-corrected chi connectivity index (χ2v) is 9.27. The van der Waals surface area contributed by atoms with Crippen LogP contribution in [0.4, 0.5) is 0 Å². The van der Waals surface area contributed by atoms with Crippen molar-refractivity contribution in [3.05, 3.63) is 59.2 Å². The number of carbonyl (C=O) groups is 1. The summed E-state index contributed by atoms with van der Waals surface area (Å²) in [6, 6.07) is 9.71. The molecule has 8 heteroatoms. The summed E-state index contributed by atoms with van der Waals surface area (Å²) in [6.45, 7) is 8.90. The normalized spacial score (nSPS) is 16.7. The summed E-state index contributed by atoms with van der Waals surface area (Å²) in [5.74, 6) is 0.212. The van der Waals surface area contributed by atoms with Crippen LogP contribution >= 0.6 is 0 Å². The molecule has 1 aliphatic heterocycles. The molecule has 1 N–H and O–H groups in total. The second kappa shape index (κ2) is 8.94. The molecule has 1 unspecified atom stereocenters. The van der Waals surface area contributed by atoms with E-state index in [2.05, 4.69) is 16.7 Å². The van der Waals surface area contributed by atoms with E-state index in [1.807, 2.05) is 44.2 Å². The third-order valence-electron chi connectivity index (χ3n) is 6.69. The predicted molar refractivity (Wildman–Crippen MR) is 128 cm³/mol. The van der Waals surface area contributed by atoms with Gasteiger partial charge in [0.15, 0.2) is 5.52 Å². The Labute approximate surface area is 193 Å². The number of aromatic nitrogens is 4. The smallest absolute Gasteiger partial charge is 0.281 e. The molecule has 1 atom stereocenters. The number of allylic oxidation sites excluding steroid dienone is 1. The van der Waals surface area contributed by atoms with Crippen molar-refractivity contribution in [1.82, 2.24) is 24.2 Å². The molecule has 2 aromatic heterocycles. The molecule has 0 spiro atoms. The Morgan fingerprint density at radius 3 is 2.52 bits per heavy atom. The minimum Gasteiger partial charge on any atom is -0.388 e. The zero-order valence-corrected chi connectivity index (χ0v) is 19.5. The lowest BCUT2D eigenvalue weighted by atomic mass is 9.90. The molecule has 3 aromatic rings. The van der Waals surface area contributed by atoms with Crippen LogP contribution in [0.3, 0.4) is 0 Å². The van der Waals surface area contributed by atoms with E-state index in [4.69, 9.17) is 0 Å². The number of nitrogens with zero attached hydrogens (tertiary/aromatic N) is 5. The molecule has 8 nitrogen and oxygen atoms in total. The molecular weight excluding hydrogens is 418 g/mol. The van der Waals surface area contributed by atoms with Gasteiger partial charge in [-0.05, 0) is 25.7 Å². The maximum Gasteiger partial charge on any atom is 0.281 e. The lowest BCUT2D eigenvalue weighted by Crippen LogP contribution is -2.49. The lowest BCUT2D eigenvalue weighted by Gasteiger charge is -2.38. The van der Waals surface area contributed by atoms with Crippen LogP contribution < -0.4 is 5.56 Å². The summed E-state index contributed by atoms with van der Waals surface area (Å²) >= 11 is 0. The number of benzene rings is 1. The van der Waals surface area contributed by atoms with Gasteiger partial charge in [0.25, 0.3) is 5.56 Å². The van der Waals surface area contributed by atoms with Gasteiger partial charge in [0.2, 0.25) is 5.91 Å². The Morgan fingerprint density at radius 1 is 1.21 bits per heavy atom. The summed E-state index contributed by atoms with van der Waals surface area (Å²) < 4.78 is 3.11. The van der Waals surface area contributed by atoms with Crippen molar-refractivity contribution in [1.29, 1.82) is 0 Å². The molecule has 0 bridgehead atoms. The fraction of sp³-hybridized carbons (Fsp3) is 0.440. The fourth-order valence-corrected chi connectivity index (χ4v) is 4.34. The molecule has 3 heterocycles. The van der Waals surface area contributed by atoms with Crippen LogP contribution in [-0.2, 0) is 18.4 Å². The number of aliphatic hydroxyl groups is 1. The van der Waals surface area contributed by atoms with Crippen molar-refractivity contribution in [3.8, 4) is 11.3 Å². The highest BCUT2D eigenvalue weighted by Gasteiger charge is 2.35. The summed E-state index contributed by atoms with van der Waals surface area (Å²) in [5, 5.41) is 15.6. The van der Waals surface area contributed by atoms with Gasteiger partial charge in [-0.1, -0.05) is 49.4 Å². The van der Waals surface area contributed by atoms with Crippen LogP contribution in [0, 0.1) is 5.92 Å². The Kier molecular flexibility index (Phi) is 6.21. The summed E-state index contributed by atoms with van der Waals surface area (Å²) in [6.07, 6.45) is 2.73. The van der Waals surface area contributed by atoms with Crippen molar-refractivity contribution < 1.29 is 9.90 Å². The number of rotatable bonds is 6. The van der Waals surface area contributed by atoms with Crippen LogP contribution in [0.5, 0.6) is 0 Å². The molecule has 0 radical (unpaired) electrons. The lowest BCUT2D eigenvalue weighted by molar-refractivity contribution is -0.136. The minimum atomic E-state index is -1.08. The van der Waals surface area contributed by atoms with Crippen LogP contribution in [0.25, 0.3) is 22.3 Å². The Hall–Kier alpha value is -3.26. The third kappa shape index (κ3) is 4.61. The van der Waals surface area contributed by atoms with E-state index in [1.165, 1.54) is 10.9 Å². The maximum absolute atomic E-state index is 13.2. The topological polar surface area (TPSA) is 93.2 Å². The van der Waals surface area contributed by atoms with E-state index in [-0.39, 0.29) is 29.4 Å². The minimum absolute atomic E-state index is 0.0785. The molecule has 1 aromatic carbocycles. The monoisotopic (exact) mass is 449 g/mol. The molecule has 0 aliphatic carbocycles. The Morgan fingerprint density at radius 2 is 1.88 bits per heavy atom. The van der Waals surface area contributed by atoms with E-state index in [0.717, 1.165) is 16.8 Å². The highest BCUT2D eigenvalue weighted by atomic mass is 16.3. The number of fused-ring (bicyclic) bond motifs is 1. The molecule has 1 saturated heterocycles. The number of likely N-dealkylation sites (tertiary alicyclic amines) is 1. The number of amides is 1. The number of piperidine rings is 1. The third-order valence-corrected chi connectivity index (χ3v) is 6.69. The van der Waals surface area contributed by atoms with Gasteiger partial charge in [-0.25, -0.2) is 4.98 Å². The molecule has 1 fully saturated rings. The highest BCUT2D eigenvalue weighted by Crippen LogP contribution is 2.27. The highest BCUT2D eigenvalue weighted by molar-refractivity contribution is 5.89. The van der Waals surface area contributed by atoms with Gasteiger partial charge in [0.1, 0.15) is 5.52 Å². The van der Waals surface area contributed by atoms with E-state index >= 15 is 0 Å². The van der Waals surface area contributed by atoms with E-state index in [9.17, 15) is 14.7 Å². The SMILES string of the molecule is C=C(C)C(C)CC(=O)N1CCC(O)(Cn2cnc3c(-c4ccccc4)n(C)nc3c2=O)CC1. The van der Waals surface area contributed by atoms with Crippen LogP contribution in [0.15, 0.2) is 53.6 Å². The zero-order chi connectivity index (χ0) is 23.8. The van der Waals surface area contributed by atoms with Gasteiger partial charge in [0.05, 0.1) is 24.2 Å². The molecule has 0 saturated carbocycles. The standard InChI is InChI=1S/C25H31N5O3/c1-17(2)18(3)14-20(31)29-12-10-25(33,11-13-29)15-30-16-26-21-22(24(30)32)27-28(4)23(21)19-8-6-5-7-9-19/h5-9,16,18,33H,1,10-15H2,2-4H3. The molecular formula is C25H31N5O3. The first kappa shape index (κ1) is 22.9. The number of carbonyl (C=O) groups excluding carboxylic acids is 1. The molecule has 4 rings (SSSR count). The largest absolute Gasteiger partial charge is 0.388 e. The first-order valence-corrected chi connectivity index (χ1v) is 11.3. The van der Waals surface area contributed by atoms with Crippen LogP contribution in [0.2, 0.25) is 0 Å². The number of aryl methyl sites for hydroxylation is 1. The average molecular weight is 450 g/mol. The average Bonchev–Trinajstić information content (AvgIpc) is 3.13. The second-order valence-electron chi connectivity index (χ2n) is 9.27. The van der Waals surface area contributed by atoms with Gasteiger partial charge in [0, 0.05) is 32.1 Å². The van der Waals surface area contributed by atoms with Crippen molar-refractivity contribution >= 4 is 16.9 Å². The Balaban J connectivity index is 1.51. The maximum atomic E-state index is 13.2. The summed E-state index contributed by atoms with van der Waals surface area (Å²) in [4.78, 5) is 32.0. The summed E-state index contributed by atoms with van der Waals surface area (Å²) in [7, 11) is 1.79. The quantitative estimate of drug-likeness (QED) is 0.584. The van der Waals surface area contributed by atoms with E-state index in [1.54, 1.807) is 16.6 Å². The van der Waals surface area contributed by atoms with Crippen molar-refractivity contribution in [2.24, 2.45) is 13.0 Å². The van der Waals surface area contributed by atoms with Crippen molar-refractivity contribution in [2.75, 3.05) is 13.1 Å². The van der Waals surface area contributed by atoms with Gasteiger partial charge in [-0.3, -0.25) is 18.8 Å². The Bertz CT molecular complexity index is 1240. The molecule has 33 heavy (non-hydrogen) atoms.